The molecule has 0 bridgehead atoms. The predicted molar refractivity (Wildman–Crippen MR) is 78.2 cm³/mol. The minimum absolute atomic E-state index is 0.434. The maximum absolute atomic E-state index is 6.01. The van der Waals surface area contributed by atoms with Gasteiger partial charge in [-0.3, -0.25) is 4.90 Å². The zero-order chi connectivity index (χ0) is 13.1. The van der Waals surface area contributed by atoms with Crippen LogP contribution in [0.25, 0.3) is 0 Å². The molecule has 0 fully saturated rings. The normalized spacial score (nSPS) is 11.1. The number of hydrogen-bond acceptors (Lipinski definition) is 4. The van der Waals surface area contributed by atoms with Crippen molar-refractivity contribution in [3.05, 3.63) is 44.3 Å². The first-order chi connectivity index (χ1) is 8.56. The lowest BCUT2D eigenvalue weighted by atomic mass is 10.2. The highest BCUT2D eigenvalue weighted by Gasteiger charge is 2.08. The summed E-state index contributed by atoms with van der Waals surface area (Å²) in [4.78, 5) is 6.40. The van der Waals surface area contributed by atoms with Gasteiger partial charge in [-0.2, -0.15) is 0 Å². The quantitative estimate of drug-likeness (QED) is 0.876. The van der Waals surface area contributed by atoms with Gasteiger partial charge in [-0.25, -0.2) is 4.98 Å². The topological polar surface area (TPSA) is 42.1 Å². The van der Waals surface area contributed by atoms with Crippen LogP contribution in [0, 0.1) is 0 Å². The third-order valence-corrected chi connectivity index (χ3v) is 3.77. The van der Waals surface area contributed by atoms with Gasteiger partial charge in [0.2, 0.25) is 0 Å². The van der Waals surface area contributed by atoms with Crippen LogP contribution in [0.1, 0.15) is 11.3 Å². The summed E-state index contributed by atoms with van der Waals surface area (Å²) in [6.07, 6.45) is 0. The van der Waals surface area contributed by atoms with Crippen LogP contribution in [0.15, 0.2) is 23.0 Å². The molecule has 0 aliphatic heterocycles. The summed E-state index contributed by atoms with van der Waals surface area (Å²) >= 11 is 13.6. The number of rotatable bonds is 4. The number of nitrogens with two attached hydrogens (primary N) is 1. The fourth-order valence-corrected chi connectivity index (χ4v) is 2.77. The van der Waals surface area contributed by atoms with Crippen molar-refractivity contribution in [1.29, 1.82) is 0 Å². The van der Waals surface area contributed by atoms with E-state index in [1.807, 2.05) is 30.1 Å². The van der Waals surface area contributed by atoms with Crippen molar-refractivity contribution in [2.45, 2.75) is 13.1 Å². The molecule has 1 aromatic heterocycles. The van der Waals surface area contributed by atoms with Gasteiger partial charge in [0.25, 0.3) is 0 Å². The molecule has 6 heteroatoms. The van der Waals surface area contributed by atoms with Gasteiger partial charge in [0.05, 0.1) is 26.9 Å². The monoisotopic (exact) mass is 301 g/mol. The van der Waals surface area contributed by atoms with E-state index in [9.17, 15) is 0 Å². The van der Waals surface area contributed by atoms with Gasteiger partial charge >= 0.3 is 0 Å². The van der Waals surface area contributed by atoms with Gasteiger partial charge in [-0.1, -0.05) is 23.2 Å². The van der Waals surface area contributed by atoms with Gasteiger partial charge < -0.3 is 5.73 Å². The largest absolute Gasteiger partial charge is 0.396 e. The molecule has 0 unspecified atom stereocenters. The van der Waals surface area contributed by atoms with E-state index in [-0.39, 0.29) is 0 Å². The molecule has 96 valence electrons. The van der Waals surface area contributed by atoms with E-state index in [2.05, 4.69) is 9.88 Å². The molecule has 1 aromatic carbocycles. The van der Waals surface area contributed by atoms with Gasteiger partial charge in [-0.15, -0.1) is 11.3 Å². The Balaban J connectivity index is 2.05. The average Bonchev–Trinajstić information content (AvgIpc) is 2.78. The fourth-order valence-electron chi connectivity index (χ4n) is 1.69. The Morgan fingerprint density at radius 2 is 1.94 bits per heavy atom. The Morgan fingerprint density at radius 1 is 1.28 bits per heavy atom. The van der Waals surface area contributed by atoms with Gasteiger partial charge in [0.15, 0.2) is 0 Å². The van der Waals surface area contributed by atoms with Gasteiger partial charge in [-0.05, 0) is 24.7 Å². The van der Waals surface area contributed by atoms with E-state index >= 15 is 0 Å². The minimum atomic E-state index is 0.434. The molecule has 0 radical (unpaired) electrons. The lowest BCUT2D eigenvalue weighted by Gasteiger charge is -2.16. The minimum Gasteiger partial charge on any atom is -0.396 e. The number of anilines is 1. The maximum Gasteiger partial charge on any atom is 0.0795 e. The van der Waals surface area contributed by atoms with E-state index in [0.29, 0.717) is 15.7 Å². The Hall–Kier alpha value is -0.810. The first kappa shape index (κ1) is 13.6. The first-order valence-electron chi connectivity index (χ1n) is 5.35. The molecule has 1 heterocycles. The van der Waals surface area contributed by atoms with Crippen molar-refractivity contribution < 1.29 is 0 Å². The highest BCUT2D eigenvalue weighted by atomic mass is 35.5. The molecule has 0 saturated heterocycles. The molecule has 0 aliphatic rings. The van der Waals surface area contributed by atoms with Crippen molar-refractivity contribution in [3.63, 3.8) is 0 Å². The van der Waals surface area contributed by atoms with Crippen molar-refractivity contribution in [2.24, 2.45) is 0 Å². The number of nitrogen functional groups attached to an aromatic ring is 1. The molecule has 2 rings (SSSR count). The Morgan fingerprint density at radius 3 is 2.50 bits per heavy atom. The van der Waals surface area contributed by atoms with E-state index < -0.39 is 0 Å². The average molecular weight is 302 g/mol. The SMILES string of the molecule is CN(Cc1cc(Cl)c(N)c(Cl)c1)Cc1cscn1. The highest BCUT2D eigenvalue weighted by molar-refractivity contribution is 7.07. The highest BCUT2D eigenvalue weighted by Crippen LogP contribution is 2.29. The molecule has 2 aromatic rings. The Bertz CT molecular complexity index is 505. The van der Waals surface area contributed by atoms with Crippen molar-refractivity contribution in [1.82, 2.24) is 9.88 Å². The summed E-state index contributed by atoms with van der Waals surface area (Å²) in [5.74, 6) is 0. The molecular formula is C12H13Cl2N3S. The van der Waals surface area contributed by atoms with Crippen LogP contribution in [0.2, 0.25) is 10.0 Å². The van der Waals surface area contributed by atoms with E-state index in [1.165, 1.54) is 0 Å². The molecular weight excluding hydrogens is 289 g/mol. The van der Waals surface area contributed by atoms with E-state index in [0.717, 1.165) is 24.3 Å². The second kappa shape index (κ2) is 5.89. The molecule has 2 N–H and O–H groups in total. The zero-order valence-corrected chi connectivity index (χ0v) is 12.2. The van der Waals surface area contributed by atoms with Crippen LogP contribution in [0.3, 0.4) is 0 Å². The standard InChI is InChI=1S/C12H13Cl2N3S/c1-17(5-9-6-18-7-16-9)4-8-2-10(13)12(15)11(14)3-8/h2-3,6-7H,4-5,15H2,1H3. The summed E-state index contributed by atoms with van der Waals surface area (Å²) in [5.41, 5.74) is 10.1. The second-order valence-corrected chi connectivity index (χ2v) is 5.66. The molecule has 3 nitrogen and oxygen atoms in total. The fraction of sp³-hybridized carbons (Fsp3) is 0.250. The number of benzene rings is 1. The predicted octanol–water partition coefficient (Wildman–Crippen LogP) is 3.66. The summed E-state index contributed by atoms with van der Waals surface area (Å²) < 4.78 is 0. The van der Waals surface area contributed by atoms with Crippen molar-refractivity contribution in [2.75, 3.05) is 12.8 Å². The number of hydrogen-bond donors (Lipinski definition) is 1. The summed E-state index contributed by atoms with van der Waals surface area (Å²) in [6, 6.07) is 3.70. The van der Waals surface area contributed by atoms with Crippen molar-refractivity contribution in [3.8, 4) is 0 Å². The summed E-state index contributed by atoms with van der Waals surface area (Å²) in [5, 5.41) is 3.04. The third-order valence-electron chi connectivity index (χ3n) is 2.51. The number of aromatic nitrogens is 1. The maximum atomic E-state index is 6.01. The van der Waals surface area contributed by atoms with Gasteiger partial charge in [0.1, 0.15) is 0 Å². The van der Waals surface area contributed by atoms with Crippen LogP contribution in [-0.4, -0.2) is 16.9 Å². The van der Waals surface area contributed by atoms with Crippen molar-refractivity contribution >= 4 is 40.2 Å². The van der Waals surface area contributed by atoms with Crippen LogP contribution >= 0.6 is 34.5 Å². The third kappa shape index (κ3) is 3.36. The first-order valence-corrected chi connectivity index (χ1v) is 7.05. The molecule has 0 spiro atoms. The zero-order valence-electron chi connectivity index (χ0n) is 9.86. The lowest BCUT2D eigenvalue weighted by molar-refractivity contribution is 0.316. The lowest BCUT2D eigenvalue weighted by Crippen LogP contribution is -2.17. The summed E-state index contributed by atoms with van der Waals surface area (Å²) in [7, 11) is 2.03. The Labute approximate surface area is 120 Å². The number of nitrogens with zero attached hydrogens (tertiary/aromatic N) is 2. The van der Waals surface area contributed by atoms with Crippen LogP contribution in [0.5, 0.6) is 0 Å². The number of halogens is 2. The van der Waals surface area contributed by atoms with Crippen LogP contribution in [0.4, 0.5) is 5.69 Å². The number of thiazole rings is 1. The van der Waals surface area contributed by atoms with E-state index in [4.69, 9.17) is 28.9 Å². The second-order valence-electron chi connectivity index (χ2n) is 4.13. The smallest absolute Gasteiger partial charge is 0.0795 e. The van der Waals surface area contributed by atoms with Crippen LogP contribution in [-0.2, 0) is 13.1 Å². The van der Waals surface area contributed by atoms with Crippen LogP contribution < -0.4 is 5.73 Å². The molecule has 0 saturated carbocycles. The molecule has 0 amide bonds. The Kier molecular flexibility index (Phi) is 4.45. The molecule has 0 atom stereocenters. The molecule has 0 aliphatic carbocycles. The van der Waals surface area contributed by atoms with Gasteiger partial charge in [0, 0.05) is 18.5 Å². The summed E-state index contributed by atoms with van der Waals surface area (Å²) in [6.45, 7) is 1.54. The van der Waals surface area contributed by atoms with E-state index in [1.54, 1.807) is 11.3 Å². The molecule has 18 heavy (non-hydrogen) atoms.